The van der Waals surface area contributed by atoms with Gasteiger partial charge in [-0.15, -0.1) is 0 Å². The molecule has 0 spiro atoms. The zero-order valence-electron chi connectivity index (χ0n) is 9.29. The number of H-pyrrole nitrogens is 1. The Morgan fingerprint density at radius 1 is 1.53 bits per heavy atom. The van der Waals surface area contributed by atoms with Gasteiger partial charge in [0.25, 0.3) is 0 Å². The molecule has 5 heteroatoms. The number of anilines is 1. The Morgan fingerprint density at radius 2 is 2.35 bits per heavy atom. The molecule has 0 bridgehead atoms. The van der Waals surface area contributed by atoms with Crippen LogP contribution in [0.1, 0.15) is 16.8 Å². The molecule has 17 heavy (non-hydrogen) atoms. The molecule has 86 valence electrons. The quantitative estimate of drug-likeness (QED) is 0.913. The average Bonchev–Trinajstić information content (AvgIpc) is 2.72. The molecule has 0 unspecified atom stereocenters. The second-order valence-corrected chi connectivity index (χ2v) is 4.53. The van der Waals surface area contributed by atoms with E-state index in [9.17, 15) is 0 Å². The Hall–Kier alpha value is -1.80. The molecule has 0 atom stereocenters. The molecule has 0 saturated heterocycles. The van der Waals surface area contributed by atoms with E-state index in [4.69, 9.17) is 5.26 Å². The van der Waals surface area contributed by atoms with Crippen LogP contribution in [0.25, 0.3) is 0 Å². The van der Waals surface area contributed by atoms with Crippen LogP contribution in [0.5, 0.6) is 0 Å². The molecule has 2 aromatic rings. The number of nitriles is 1. The van der Waals surface area contributed by atoms with Gasteiger partial charge in [0.05, 0.1) is 11.8 Å². The third kappa shape index (κ3) is 2.66. The fraction of sp³-hybridized carbons (Fsp3) is 0.167. The molecule has 2 rings (SSSR count). The Labute approximate surface area is 108 Å². The molecule has 0 radical (unpaired) electrons. The van der Waals surface area contributed by atoms with Crippen molar-refractivity contribution in [3.05, 3.63) is 45.7 Å². The standard InChI is InChI=1S/C12H11BrN4/c1-8-10(7-16-17-8)6-15-11-3-2-9(5-14)12(13)4-11/h2-4,7,15H,6H2,1H3,(H,16,17). The van der Waals surface area contributed by atoms with Gasteiger partial charge in [-0.1, -0.05) is 0 Å². The van der Waals surface area contributed by atoms with Gasteiger partial charge in [0.2, 0.25) is 0 Å². The number of hydrogen-bond acceptors (Lipinski definition) is 3. The normalized spacial score (nSPS) is 9.94. The topological polar surface area (TPSA) is 64.5 Å². The van der Waals surface area contributed by atoms with Crippen molar-refractivity contribution in [3.8, 4) is 6.07 Å². The zero-order chi connectivity index (χ0) is 12.3. The number of benzene rings is 1. The van der Waals surface area contributed by atoms with E-state index in [1.807, 2.05) is 19.1 Å². The first-order valence-electron chi connectivity index (χ1n) is 5.13. The molecule has 1 heterocycles. The van der Waals surface area contributed by atoms with Gasteiger partial charge in [0.15, 0.2) is 0 Å². The van der Waals surface area contributed by atoms with E-state index in [1.165, 1.54) is 0 Å². The van der Waals surface area contributed by atoms with Gasteiger partial charge < -0.3 is 5.32 Å². The number of nitrogens with one attached hydrogen (secondary N) is 2. The monoisotopic (exact) mass is 290 g/mol. The highest BCUT2D eigenvalue weighted by Crippen LogP contribution is 2.21. The first-order valence-corrected chi connectivity index (χ1v) is 5.92. The van der Waals surface area contributed by atoms with Gasteiger partial charge in [-0.2, -0.15) is 10.4 Å². The second kappa shape index (κ2) is 5.02. The predicted molar refractivity (Wildman–Crippen MR) is 69.5 cm³/mol. The predicted octanol–water partition coefficient (Wildman–Crippen LogP) is 2.96. The smallest absolute Gasteiger partial charge is 0.100 e. The maximum Gasteiger partial charge on any atom is 0.100 e. The number of hydrogen-bond donors (Lipinski definition) is 2. The van der Waals surface area contributed by atoms with Crippen LogP contribution in [0.4, 0.5) is 5.69 Å². The molecule has 0 aliphatic rings. The zero-order valence-corrected chi connectivity index (χ0v) is 10.9. The highest BCUT2D eigenvalue weighted by Gasteiger charge is 2.02. The maximum absolute atomic E-state index is 8.81. The van der Waals surface area contributed by atoms with Crippen molar-refractivity contribution >= 4 is 21.6 Å². The summed E-state index contributed by atoms with van der Waals surface area (Å²) < 4.78 is 0.800. The van der Waals surface area contributed by atoms with Crippen molar-refractivity contribution in [2.75, 3.05) is 5.32 Å². The molecular weight excluding hydrogens is 280 g/mol. The van der Waals surface area contributed by atoms with Crippen molar-refractivity contribution in [3.63, 3.8) is 0 Å². The number of aromatic nitrogens is 2. The molecule has 2 N–H and O–H groups in total. The Bertz CT molecular complexity index is 568. The summed E-state index contributed by atoms with van der Waals surface area (Å²) in [7, 11) is 0. The summed E-state index contributed by atoms with van der Waals surface area (Å²) in [5.74, 6) is 0. The summed E-state index contributed by atoms with van der Waals surface area (Å²) in [6.45, 7) is 2.69. The minimum absolute atomic E-state index is 0.634. The van der Waals surface area contributed by atoms with Crippen LogP contribution in [-0.4, -0.2) is 10.2 Å². The highest BCUT2D eigenvalue weighted by atomic mass is 79.9. The van der Waals surface area contributed by atoms with E-state index in [2.05, 4.69) is 37.5 Å². The van der Waals surface area contributed by atoms with Gasteiger partial charge in [-0.25, -0.2) is 0 Å². The number of nitrogens with zero attached hydrogens (tertiary/aromatic N) is 2. The summed E-state index contributed by atoms with van der Waals surface area (Å²) in [4.78, 5) is 0. The Balaban J connectivity index is 2.08. The first kappa shape index (κ1) is 11.7. The lowest BCUT2D eigenvalue weighted by atomic mass is 10.2. The number of rotatable bonds is 3. The van der Waals surface area contributed by atoms with E-state index < -0.39 is 0 Å². The minimum Gasteiger partial charge on any atom is -0.381 e. The van der Waals surface area contributed by atoms with E-state index in [1.54, 1.807) is 12.3 Å². The van der Waals surface area contributed by atoms with Crippen LogP contribution in [0, 0.1) is 18.3 Å². The van der Waals surface area contributed by atoms with E-state index >= 15 is 0 Å². The maximum atomic E-state index is 8.81. The number of halogens is 1. The molecule has 0 saturated carbocycles. The lowest BCUT2D eigenvalue weighted by molar-refractivity contribution is 1.04. The molecular formula is C12H11BrN4. The molecule has 0 amide bonds. The first-order chi connectivity index (χ1) is 8.20. The van der Waals surface area contributed by atoms with Gasteiger partial charge in [0, 0.05) is 28.0 Å². The van der Waals surface area contributed by atoms with Gasteiger partial charge in [-0.05, 0) is 41.1 Å². The van der Waals surface area contributed by atoms with Crippen LogP contribution in [0.15, 0.2) is 28.9 Å². The van der Waals surface area contributed by atoms with Crippen molar-refractivity contribution in [2.24, 2.45) is 0 Å². The van der Waals surface area contributed by atoms with Crippen molar-refractivity contribution < 1.29 is 0 Å². The number of aromatic amines is 1. The van der Waals surface area contributed by atoms with Crippen LogP contribution in [-0.2, 0) is 6.54 Å². The molecule has 0 aliphatic heterocycles. The fourth-order valence-electron chi connectivity index (χ4n) is 1.47. The van der Waals surface area contributed by atoms with Crippen LogP contribution in [0.3, 0.4) is 0 Å². The summed E-state index contributed by atoms with van der Waals surface area (Å²) in [6, 6.07) is 7.68. The molecule has 4 nitrogen and oxygen atoms in total. The third-order valence-electron chi connectivity index (χ3n) is 2.51. The average molecular weight is 291 g/mol. The fourth-order valence-corrected chi connectivity index (χ4v) is 1.93. The minimum atomic E-state index is 0.634. The van der Waals surface area contributed by atoms with Crippen molar-refractivity contribution in [1.82, 2.24) is 10.2 Å². The lowest BCUT2D eigenvalue weighted by Gasteiger charge is -2.06. The van der Waals surface area contributed by atoms with Crippen molar-refractivity contribution in [1.29, 1.82) is 5.26 Å². The van der Waals surface area contributed by atoms with Gasteiger partial charge in [0.1, 0.15) is 6.07 Å². The van der Waals surface area contributed by atoms with Crippen LogP contribution < -0.4 is 5.32 Å². The molecule has 0 aliphatic carbocycles. The van der Waals surface area contributed by atoms with Crippen LogP contribution >= 0.6 is 15.9 Å². The summed E-state index contributed by atoms with van der Waals surface area (Å²) in [5, 5.41) is 18.9. The Morgan fingerprint density at radius 3 is 2.94 bits per heavy atom. The van der Waals surface area contributed by atoms with Gasteiger partial charge in [-0.3, -0.25) is 5.10 Å². The largest absolute Gasteiger partial charge is 0.381 e. The van der Waals surface area contributed by atoms with Gasteiger partial charge >= 0.3 is 0 Å². The van der Waals surface area contributed by atoms with Crippen LogP contribution in [0.2, 0.25) is 0 Å². The number of aryl methyl sites for hydroxylation is 1. The summed E-state index contributed by atoms with van der Waals surface area (Å²) in [5.41, 5.74) is 3.79. The highest BCUT2D eigenvalue weighted by molar-refractivity contribution is 9.10. The lowest BCUT2D eigenvalue weighted by Crippen LogP contribution is -2.00. The summed E-state index contributed by atoms with van der Waals surface area (Å²) in [6.07, 6.45) is 1.81. The summed E-state index contributed by atoms with van der Waals surface area (Å²) >= 11 is 3.36. The molecule has 0 fully saturated rings. The Kier molecular flexibility index (Phi) is 3.45. The third-order valence-corrected chi connectivity index (χ3v) is 3.16. The van der Waals surface area contributed by atoms with Crippen molar-refractivity contribution in [2.45, 2.75) is 13.5 Å². The van der Waals surface area contributed by atoms with E-state index in [-0.39, 0.29) is 0 Å². The second-order valence-electron chi connectivity index (χ2n) is 3.68. The van der Waals surface area contributed by atoms with E-state index in [0.717, 1.165) is 21.4 Å². The SMILES string of the molecule is Cc1[nH]ncc1CNc1ccc(C#N)c(Br)c1. The molecule has 1 aromatic heterocycles. The van der Waals surface area contributed by atoms with E-state index in [0.29, 0.717) is 12.1 Å². The molecule has 1 aromatic carbocycles.